The summed E-state index contributed by atoms with van der Waals surface area (Å²) < 4.78 is 16.5. The van der Waals surface area contributed by atoms with Gasteiger partial charge in [-0.05, 0) is 95.2 Å². The first kappa shape index (κ1) is 57.5. The molecule has 0 aliphatic carbocycles. The molecule has 3 aliphatic heterocycles. The van der Waals surface area contributed by atoms with E-state index in [0.717, 1.165) is 24.8 Å². The summed E-state index contributed by atoms with van der Waals surface area (Å²) in [6.45, 7) is 23.6. The molecule has 0 aromatic heterocycles. The van der Waals surface area contributed by atoms with Gasteiger partial charge in [0.05, 0.1) is 0 Å². The quantitative estimate of drug-likeness (QED) is 0.0956. The van der Waals surface area contributed by atoms with Crippen LogP contribution in [0.5, 0.6) is 5.75 Å². The van der Waals surface area contributed by atoms with Crippen LogP contribution in [-0.4, -0.2) is 107 Å². The Labute approximate surface area is 347 Å². The van der Waals surface area contributed by atoms with Gasteiger partial charge in [-0.3, -0.25) is 0 Å². The number of amides is 2. The molecule has 3 heterocycles. The lowest BCUT2D eigenvalue weighted by Gasteiger charge is -2.51. The van der Waals surface area contributed by atoms with Gasteiger partial charge in [-0.1, -0.05) is 46.9 Å². The number of ether oxygens (including phenoxy) is 3. The zero-order valence-corrected chi connectivity index (χ0v) is 34.6. The highest BCUT2D eigenvalue weighted by atomic mass is 16.6. The lowest BCUT2D eigenvalue weighted by atomic mass is 9.80. The van der Waals surface area contributed by atoms with Crippen LogP contribution in [0.25, 0.3) is 0 Å². The zero-order valence-electron chi connectivity index (χ0n) is 34.6. The van der Waals surface area contributed by atoms with Crippen molar-refractivity contribution in [3.63, 3.8) is 0 Å². The Bertz CT molecular complexity index is 1400. The van der Waals surface area contributed by atoms with Crippen molar-refractivity contribution >= 4 is 12.2 Å². The Morgan fingerprint density at radius 1 is 0.667 bits per heavy atom. The monoisotopic (exact) mass is 815 g/mol. The van der Waals surface area contributed by atoms with Gasteiger partial charge in [-0.2, -0.15) is 20.5 Å². The molecule has 0 unspecified atom stereocenters. The minimum absolute atomic E-state index is 0. The maximum absolute atomic E-state index is 11.3. The second-order valence-electron chi connectivity index (χ2n) is 17.8. The molecular weight excluding hydrogens is 732 g/mol. The van der Waals surface area contributed by atoms with Crippen molar-refractivity contribution in [2.24, 2.45) is 0 Å². The van der Waals surface area contributed by atoms with Crippen molar-refractivity contribution < 1.29 is 47.4 Å². The smallest absolute Gasteiger partial charge is 0.419 e. The predicted molar refractivity (Wildman–Crippen MR) is 227 cm³/mol. The van der Waals surface area contributed by atoms with Crippen LogP contribution in [0, 0.1) is 24.0 Å². The lowest BCUT2D eigenvalue weighted by molar-refractivity contribution is -0.256. The number of carbonyl (C=O) groups is 2. The molecule has 0 atom stereocenters. The maximum Gasteiger partial charge on any atom is 0.419 e. The standard InChI is InChI=1S/C15H23NO2.C12H20N2O3.C11H22N2O3.CHNO.3CH4.2H2/c1-14(2)10-13(11-15(3,4)16(14)17)18-12-8-6-5-7-9-12;1-6-13-10(15)17-9-7-11(2,3)14(16)12(4,5)8-9;1-10(2)6-8(16-9(14)12-5)7-11(3,4)13(10)15;2-1-3;;;;;/h5-9,13,17H,10-11H2,1-4H3;1,9,16H,7-8H2,2-5H3,(H,13,15);8,15H,6-7H2,1-5H3,(H,12,14);3H;3*1H4;2*1H. The van der Waals surface area contributed by atoms with Crippen LogP contribution in [0.1, 0.15) is 147 Å². The highest BCUT2D eigenvalue weighted by Crippen LogP contribution is 2.40. The van der Waals surface area contributed by atoms with E-state index in [4.69, 9.17) is 31.0 Å². The molecule has 1 aromatic carbocycles. The topological polar surface area (TPSA) is 200 Å². The number of carbonyl (C=O) groups excluding carboxylic acids is 2. The highest BCUT2D eigenvalue weighted by Gasteiger charge is 2.48. The van der Waals surface area contributed by atoms with Crippen LogP contribution in [0.2, 0.25) is 0 Å². The fraction of sp³-hybridized carbons (Fsp3) is 0.738. The number of piperidine rings is 3. The minimum Gasteiger partial charge on any atom is -0.490 e. The molecule has 57 heavy (non-hydrogen) atoms. The number of terminal acetylenes is 1. The van der Waals surface area contributed by atoms with E-state index in [9.17, 15) is 25.2 Å². The number of hydrogen-bond donors (Lipinski definition) is 6. The Balaban J connectivity index is -0.000000230. The largest absolute Gasteiger partial charge is 0.490 e. The summed E-state index contributed by atoms with van der Waals surface area (Å²) in [6, 6.07) is 11.9. The van der Waals surface area contributed by atoms with Crippen LogP contribution in [0.3, 0.4) is 0 Å². The number of aliphatic hydroxyl groups excluding tert-OH is 1. The van der Waals surface area contributed by atoms with Crippen molar-refractivity contribution in [3.05, 3.63) is 30.3 Å². The third kappa shape index (κ3) is 17.3. The number of benzene rings is 1. The molecule has 334 valence electrons. The number of aliphatic hydroxyl groups is 1. The molecule has 3 aliphatic rings. The number of para-hydroxylation sites is 1. The first-order valence-electron chi connectivity index (χ1n) is 18.1. The minimum atomic E-state index is -0.615. The summed E-state index contributed by atoms with van der Waals surface area (Å²) in [5.41, 5.74) is -2.19. The van der Waals surface area contributed by atoms with E-state index in [2.05, 4.69) is 38.3 Å². The van der Waals surface area contributed by atoms with Gasteiger partial charge in [0.25, 0.3) is 6.26 Å². The van der Waals surface area contributed by atoms with Crippen molar-refractivity contribution in [2.45, 2.75) is 195 Å². The number of nitriles is 1. The number of nitrogens with one attached hydrogen (secondary N) is 2. The van der Waals surface area contributed by atoms with Crippen LogP contribution >= 0.6 is 0 Å². The molecule has 0 bridgehead atoms. The molecule has 4 rings (SSSR count). The summed E-state index contributed by atoms with van der Waals surface area (Å²) in [5, 5.41) is 52.9. The van der Waals surface area contributed by atoms with Gasteiger partial charge in [-0.25, -0.2) is 14.9 Å². The van der Waals surface area contributed by atoms with E-state index in [0.29, 0.717) is 25.7 Å². The lowest BCUT2D eigenvalue weighted by Crippen LogP contribution is -2.61. The van der Waals surface area contributed by atoms with E-state index >= 15 is 0 Å². The van der Waals surface area contributed by atoms with Gasteiger partial charge in [0.15, 0.2) is 0 Å². The Kier molecular flexibility index (Phi) is 23.1. The van der Waals surface area contributed by atoms with Gasteiger partial charge in [0.2, 0.25) is 0 Å². The summed E-state index contributed by atoms with van der Waals surface area (Å²) in [4.78, 5) is 22.4. The molecule has 0 saturated carbocycles. The van der Waals surface area contributed by atoms with Crippen molar-refractivity contribution in [1.29, 1.82) is 5.26 Å². The summed E-state index contributed by atoms with van der Waals surface area (Å²) in [6.07, 6.45) is 8.42. The first-order chi connectivity index (χ1) is 24.6. The molecule has 2 amide bonds. The fourth-order valence-corrected chi connectivity index (χ4v) is 7.93. The maximum atomic E-state index is 11.3. The molecule has 3 saturated heterocycles. The van der Waals surface area contributed by atoms with Crippen LogP contribution < -0.4 is 15.4 Å². The highest BCUT2D eigenvalue weighted by molar-refractivity contribution is 5.69. The van der Waals surface area contributed by atoms with Crippen molar-refractivity contribution in [1.82, 2.24) is 25.8 Å². The van der Waals surface area contributed by atoms with Gasteiger partial charge in [0.1, 0.15) is 24.1 Å². The fourth-order valence-electron chi connectivity index (χ4n) is 7.93. The average Bonchev–Trinajstić information content (AvgIpc) is 3.02. The van der Waals surface area contributed by atoms with Crippen LogP contribution in [0.15, 0.2) is 30.3 Å². The van der Waals surface area contributed by atoms with Crippen LogP contribution in [0.4, 0.5) is 9.59 Å². The number of alkyl carbamates (subject to hydrolysis) is 2. The van der Waals surface area contributed by atoms with E-state index in [1.165, 1.54) is 15.2 Å². The summed E-state index contributed by atoms with van der Waals surface area (Å²) in [5.74, 6) is 0.903. The van der Waals surface area contributed by atoms with E-state index in [1.807, 2.05) is 91.8 Å². The summed E-state index contributed by atoms with van der Waals surface area (Å²) in [7, 11) is 1.54. The average molecular weight is 815 g/mol. The molecule has 0 radical (unpaired) electrons. The van der Waals surface area contributed by atoms with Crippen LogP contribution in [-0.2, 0) is 9.47 Å². The molecule has 6 N–H and O–H groups in total. The Morgan fingerprint density at radius 3 is 1.23 bits per heavy atom. The molecule has 3 fully saturated rings. The van der Waals surface area contributed by atoms with Gasteiger partial charge in [0, 0.05) is 87.7 Å². The number of hydroxylamine groups is 6. The third-order valence-electron chi connectivity index (χ3n) is 9.78. The number of hydrogen-bond acceptors (Lipinski definition) is 13. The van der Waals surface area contributed by atoms with E-state index < -0.39 is 23.3 Å². The van der Waals surface area contributed by atoms with E-state index in [-0.39, 0.29) is 65.6 Å². The van der Waals surface area contributed by atoms with Gasteiger partial charge >= 0.3 is 12.2 Å². The SMILES string of the molecule is C.C.C.C#CNC(=O)OC1CC(C)(C)N(O)C(C)(C)C1.CC1(C)CC(Oc2ccccc2)CC(C)(C)N1O.CNC(=O)OC1CC(C)(C)N(O)C(C)(C)C1.N#CO.[HH].[HH]. The molecular formula is C42H82N6O9. The number of rotatable bonds is 4. The zero-order chi connectivity index (χ0) is 41.9. The van der Waals surface area contributed by atoms with E-state index in [1.54, 1.807) is 7.05 Å². The first-order valence-corrected chi connectivity index (χ1v) is 18.1. The van der Waals surface area contributed by atoms with Crippen molar-refractivity contribution in [2.75, 3.05) is 7.05 Å². The molecule has 0 spiro atoms. The Morgan fingerprint density at radius 2 is 0.947 bits per heavy atom. The Hall–Kier alpha value is -3.83. The molecule has 1 aromatic rings. The number of nitrogens with zero attached hydrogens (tertiary/aromatic N) is 4. The van der Waals surface area contributed by atoms with Gasteiger partial charge < -0.3 is 40.3 Å². The van der Waals surface area contributed by atoms with Crippen molar-refractivity contribution in [3.8, 4) is 24.5 Å². The molecule has 15 nitrogen and oxygen atoms in total. The normalized spacial score (nSPS) is 21.8. The molecule has 15 heteroatoms. The van der Waals surface area contributed by atoms with Gasteiger partial charge in [-0.15, -0.1) is 0 Å². The summed E-state index contributed by atoms with van der Waals surface area (Å²) >= 11 is 0. The second kappa shape index (κ2) is 22.9. The third-order valence-corrected chi connectivity index (χ3v) is 9.78. The second-order valence-corrected chi connectivity index (χ2v) is 17.8. The predicted octanol–water partition coefficient (Wildman–Crippen LogP) is 9.18.